The molecule has 1 aliphatic rings. The smallest absolute Gasteiger partial charge is 0.138 e. The summed E-state index contributed by atoms with van der Waals surface area (Å²) in [6, 6.07) is 7.79. The molecule has 0 spiro atoms. The summed E-state index contributed by atoms with van der Waals surface area (Å²) < 4.78 is 5.25. The van der Waals surface area contributed by atoms with Crippen molar-refractivity contribution >= 4 is 5.69 Å². The fraction of sp³-hybridized carbons (Fsp3) is 0.533. The first-order valence-corrected chi connectivity index (χ1v) is 6.60. The maximum atomic E-state index is 10.4. The summed E-state index contributed by atoms with van der Waals surface area (Å²) in [6.07, 6.45) is 1.64. The van der Waals surface area contributed by atoms with Gasteiger partial charge in [-0.15, -0.1) is 0 Å². The molecule has 4 heteroatoms. The lowest BCUT2D eigenvalue weighted by atomic mass is 9.95. The van der Waals surface area contributed by atoms with E-state index in [9.17, 15) is 5.11 Å². The van der Waals surface area contributed by atoms with Gasteiger partial charge in [-0.1, -0.05) is 6.92 Å². The average Bonchev–Trinajstić information content (AvgIpc) is 2.72. The molecule has 4 nitrogen and oxygen atoms in total. The second-order valence-corrected chi connectivity index (χ2v) is 5.22. The van der Waals surface area contributed by atoms with Crippen LogP contribution in [0.2, 0.25) is 0 Å². The van der Waals surface area contributed by atoms with Crippen LogP contribution in [0.25, 0.3) is 0 Å². The first-order chi connectivity index (χ1) is 9.03. The lowest BCUT2D eigenvalue weighted by molar-refractivity contribution is 0.0501. The number of nitriles is 1. The summed E-state index contributed by atoms with van der Waals surface area (Å²) in [5.74, 6) is 0.585. The van der Waals surface area contributed by atoms with Crippen molar-refractivity contribution in [2.75, 3.05) is 18.6 Å². The maximum Gasteiger partial charge on any atom is 0.138 e. The van der Waals surface area contributed by atoms with Crippen molar-refractivity contribution in [1.29, 1.82) is 5.26 Å². The molecule has 2 rings (SSSR count). The van der Waals surface area contributed by atoms with E-state index >= 15 is 0 Å². The van der Waals surface area contributed by atoms with Gasteiger partial charge in [0.25, 0.3) is 0 Å². The molecule has 0 amide bonds. The summed E-state index contributed by atoms with van der Waals surface area (Å²) in [5.41, 5.74) is 0.876. The first kappa shape index (κ1) is 13.7. The Bertz CT molecular complexity index is 505. The monoisotopic (exact) mass is 260 g/mol. The second kappa shape index (κ2) is 5.10. The average molecular weight is 260 g/mol. The zero-order valence-corrected chi connectivity index (χ0v) is 11.7. The fourth-order valence-electron chi connectivity index (χ4n) is 2.93. The molecule has 1 aromatic carbocycles. The fourth-order valence-corrected chi connectivity index (χ4v) is 2.93. The van der Waals surface area contributed by atoms with Crippen molar-refractivity contribution in [2.24, 2.45) is 0 Å². The molecule has 2 unspecified atom stereocenters. The van der Waals surface area contributed by atoms with Crippen molar-refractivity contribution < 1.29 is 9.84 Å². The molecule has 102 valence electrons. The Hall–Kier alpha value is -1.73. The summed E-state index contributed by atoms with van der Waals surface area (Å²) in [7, 11) is 1.57. The number of nitrogens with zero attached hydrogens (tertiary/aromatic N) is 2. The Balaban J connectivity index is 2.35. The normalized spacial score (nSPS) is 26.3. The minimum Gasteiger partial charge on any atom is -0.495 e. The summed E-state index contributed by atoms with van der Waals surface area (Å²) in [4.78, 5) is 2.20. The zero-order chi connectivity index (χ0) is 14.0. The van der Waals surface area contributed by atoms with Crippen molar-refractivity contribution in [3.8, 4) is 11.8 Å². The van der Waals surface area contributed by atoms with Crippen LogP contribution in [0.15, 0.2) is 18.2 Å². The number of hydrogen-bond donors (Lipinski definition) is 1. The van der Waals surface area contributed by atoms with Crippen molar-refractivity contribution in [2.45, 2.75) is 38.3 Å². The summed E-state index contributed by atoms with van der Waals surface area (Å²) in [6.45, 7) is 4.79. The van der Waals surface area contributed by atoms with E-state index in [1.54, 1.807) is 13.2 Å². The van der Waals surface area contributed by atoms with E-state index in [4.69, 9.17) is 10.00 Å². The molecule has 0 radical (unpaired) electrons. The van der Waals surface area contributed by atoms with Crippen LogP contribution in [0.3, 0.4) is 0 Å². The zero-order valence-electron chi connectivity index (χ0n) is 11.7. The van der Waals surface area contributed by atoms with Crippen molar-refractivity contribution in [1.82, 2.24) is 0 Å². The lowest BCUT2D eigenvalue weighted by Gasteiger charge is -2.32. The molecule has 0 aliphatic carbocycles. The van der Waals surface area contributed by atoms with Gasteiger partial charge in [0.2, 0.25) is 0 Å². The summed E-state index contributed by atoms with van der Waals surface area (Å²) >= 11 is 0. The van der Waals surface area contributed by atoms with Gasteiger partial charge in [-0.25, -0.2) is 0 Å². The molecule has 19 heavy (non-hydrogen) atoms. The number of benzene rings is 1. The highest BCUT2D eigenvalue weighted by Gasteiger charge is 2.41. The van der Waals surface area contributed by atoms with Gasteiger partial charge in [-0.2, -0.15) is 5.26 Å². The van der Waals surface area contributed by atoms with Gasteiger partial charge in [-0.05, 0) is 31.9 Å². The maximum absolute atomic E-state index is 10.4. The van der Waals surface area contributed by atoms with Gasteiger partial charge in [0.1, 0.15) is 11.8 Å². The van der Waals surface area contributed by atoms with Crippen molar-refractivity contribution in [3.63, 3.8) is 0 Å². The van der Waals surface area contributed by atoms with Gasteiger partial charge >= 0.3 is 0 Å². The van der Waals surface area contributed by atoms with Crippen LogP contribution in [0, 0.1) is 11.3 Å². The van der Waals surface area contributed by atoms with Crippen LogP contribution in [0.5, 0.6) is 5.75 Å². The third kappa shape index (κ3) is 2.39. The third-order valence-electron chi connectivity index (χ3n) is 3.98. The molecular formula is C15H20N2O2. The minimum atomic E-state index is -0.657. The van der Waals surface area contributed by atoms with E-state index in [1.165, 1.54) is 0 Å². The Labute approximate surface area is 114 Å². The Morgan fingerprint density at radius 2 is 2.32 bits per heavy atom. The number of ether oxygens (including phenoxy) is 1. The first-order valence-electron chi connectivity index (χ1n) is 6.60. The quantitative estimate of drug-likeness (QED) is 0.906. The molecule has 1 aromatic rings. The number of anilines is 1. The highest BCUT2D eigenvalue weighted by molar-refractivity contribution is 5.58. The Kier molecular flexibility index (Phi) is 3.68. The van der Waals surface area contributed by atoms with Gasteiger partial charge in [0, 0.05) is 18.3 Å². The molecule has 1 heterocycles. The van der Waals surface area contributed by atoms with E-state index in [2.05, 4.69) is 17.9 Å². The molecule has 0 bridgehead atoms. The van der Waals surface area contributed by atoms with Gasteiger partial charge < -0.3 is 14.7 Å². The molecule has 0 aromatic heterocycles. The van der Waals surface area contributed by atoms with Crippen LogP contribution in [0.1, 0.15) is 32.3 Å². The molecule has 1 aliphatic heterocycles. The molecule has 1 N–H and O–H groups in total. The van der Waals surface area contributed by atoms with E-state index in [0.717, 1.165) is 25.1 Å². The largest absolute Gasteiger partial charge is 0.495 e. The molecule has 1 fully saturated rings. The minimum absolute atomic E-state index is 0.102. The third-order valence-corrected chi connectivity index (χ3v) is 3.98. The highest BCUT2D eigenvalue weighted by Crippen LogP contribution is 2.36. The molecular weight excluding hydrogens is 240 g/mol. The van der Waals surface area contributed by atoms with Crippen LogP contribution in [-0.4, -0.2) is 30.4 Å². The van der Waals surface area contributed by atoms with Gasteiger partial charge in [-0.3, -0.25) is 0 Å². The van der Waals surface area contributed by atoms with E-state index in [1.807, 2.05) is 19.1 Å². The van der Waals surface area contributed by atoms with Crippen LogP contribution < -0.4 is 9.64 Å². The number of hydrogen-bond acceptors (Lipinski definition) is 4. The molecule has 2 atom stereocenters. The standard InChI is InChI=1S/C15H20N2O2/c1-4-14-15(2,18)7-8-17(14)12-6-5-11(10-16)13(9-12)19-3/h5-6,9,14,18H,4,7-8H2,1-3H3. The molecule has 1 saturated heterocycles. The molecule has 0 saturated carbocycles. The van der Waals surface area contributed by atoms with Crippen LogP contribution >= 0.6 is 0 Å². The topological polar surface area (TPSA) is 56.5 Å². The predicted octanol–water partition coefficient (Wildman–Crippen LogP) is 2.31. The van der Waals surface area contributed by atoms with E-state index < -0.39 is 5.60 Å². The van der Waals surface area contributed by atoms with Crippen molar-refractivity contribution in [3.05, 3.63) is 23.8 Å². The second-order valence-electron chi connectivity index (χ2n) is 5.22. The van der Waals surface area contributed by atoms with E-state index in [-0.39, 0.29) is 6.04 Å². The van der Waals surface area contributed by atoms with Crippen LogP contribution in [0.4, 0.5) is 5.69 Å². The predicted molar refractivity (Wildman–Crippen MR) is 74.4 cm³/mol. The van der Waals surface area contributed by atoms with Gasteiger partial charge in [0.05, 0.1) is 24.3 Å². The Morgan fingerprint density at radius 3 is 2.89 bits per heavy atom. The lowest BCUT2D eigenvalue weighted by Crippen LogP contribution is -2.42. The van der Waals surface area contributed by atoms with Gasteiger partial charge in [0.15, 0.2) is 0 Å². The highest BCUT2D eigenvalue weighted by atomic mass is 16.5. The number of aliphatic hydroxyl groups is 1. The summed E-state index contributed by atoms with van der Waals surface area (Å²) in [5, 5.41) is 19.4. The number of rotatable bonds is 3. The van der Waals surface area contributed by atoms with E-state index in [0.29, 0.717) is 11.3 Å². The Morgan fingerprint density at radius 1 is 1.58 bits per heavy atom. The number of methoxy groups -OCH3 is 1. The SMILES string of the molecule is CCC1N(c2ccc(C#N)c(OC)c2)CCC1(C)O. The van der Waals surface area contributed by atoms with Crippen LogP contribution in [-0.2, 0) is 0 Å².